The van der Waals surface area contributed by atoms with E-state index in [-0.39, 0.29) is 6.04 Å². The first-order valence-corrected chi connectivity index (χ1v) is 10.6. The van der Waals surface area contributed by atoms with Crippen molar-refractivity contribution in [2.75, 3.05) is 23.3 Å². The zero-order chi connectivity index (χ0) is 21.4. The Morgan fingerprint density at radius 3 is 2.61 bits per heavy atom. The fraction of sp³-hybridized carbons (Fsp3) is 0.364. The highest BCUT2D eigenvalue weighted by Crippen LogP contribution is 2.28. The minimum atomic E-state index is 0.263. The van der Waals surface area contributed by atoms with E-state index in [1.165, 1.54) is 5.56 Å². The van der Waals surface area contributed by atoms with Gasteiger partial charge >= 0.3 is 0 Å². The SMILES string of the molecule is CCn1c(-c2cnc(C)nc2)nc2c(NC3CCN(c4ccc(C)cn4)C3)ncnc21. The fourth-order valence-electron chi connectivity index (χ4n) is 4.00. The Morgan fingerprint density at radius 2 is 1.87 bits per heavy atom. The minimum absolute atomic E-state index is 0.263. The van der Waals surface area contributed by atoms with Gasteiger partial charge in [-0.15, -0.1) is 0 Å². The molecule has 5 rings (SSSR count). The van der Waals surface area contributed by atoms with Gasteiger partial charge in [-0.05, 0) is 38.8 Å². The third-order valence-electron chi connectivity index (χ3n) is 5.64. The van der Waals surface area contributed by atoms with Gasteiger partial charge in [-0.25, -0.2) is 29.9 Å². The van der Waals surface area contributed by atoms with Crippen LogP contribution in [0.5, 0.6) is 0 Å². The normalized spacial score (nSPS) is 16.2. The van der Waals surface area contributed by atoms with Gasteiger partial charge in [-0.2, -0.15) is 0 Å². The average Bonchev–Trinajstić information content (AvgIpc) is 3.40. The summed E-state index contributed by atoms with van der Waals surface area (Å²) in [5.41, 5.74) is 3.62. The van der Waals surface area contributed by atoms with Crippen LogP contribution in [0.3, 0.4) is 0 Å². The molecule has 158 valence electrons. The Kier molecular flexibility index (Phi) is 4.93. The summed E-state index contributed by atoms with van der Waals surface area (Å²) < 4.78 is 2.08. The van der Waals surface area contributed by atoms with E-state index in [1.54, 1.807) is 18.7 Å². The van der Waals surface area contributed by atoms with Crippen LogP contribution in [0.25, 0.3) is 22.6 Å². The van der Waals surface area contributed by atoms with E-state index < -0.39 is 0 Å². The van der Waals surface area contributed by atoms with Gasteiger partial charge in [0.1, 0.15) is 23.8 Å². The number of pyridine rings is 1. The third kappa shape index (κ3) is 3.67. The van der Waals surface area contributed by atoms with E-state index in [0.717, 1.165) is 66.1 Å². The van der Waals surface area contributed by atoms with E-state index in [9.17, 15) is 0 Å². The summed E-state index contributed by atoms with van der Waals surface area (Å²) in [6.45, 7) is 8.58. The summed E-state index contributed by atoms with van der Waals surface area (Å²) in [7, 11) is 0. The maximum atomic E-state index is 4.88. The second-order valence-corrected chi connectivity index (χ2v) is 7.86. The molecule has 31 heavy (non-hydrogen) atoms. The first-order valence-electron chi connectivity index (χ1n) is 10.6. The number of fused-ring (bicyclic) bond motifs is 1. The topological polar surface area (TPSA) is 97.5 Å². The molecule has 1 aliphatic heterocycles. The van der Waals surface area contributed by atoms with Gasteiger partial charge in [0, 0.05) is 44.3 Å². The second kappa shape index (κ2) is 7.90. The quantitative estimate of drug-likeness (QED) is 0.531. The summed E-state index contributed by atoms with van der Waals surface area (Å²) >= 11 is 0. The van der Waals surface area contributed by atoms with Crippen molar-refractivity contribution in [1.82, 2.24) is 34.5 Å². The highest BCUT2D eigenvalue weighted by molar-refractivity contribution is 5.86. The van der Waals surface area contributed by atoms with Crippen molar-refractivity contribution in [3.63, 3.8) is 0 Å². The van der Waals surface area contributed by atoms with Gasteiger partial charge < -0.3 is 14.8 Å². The monoisotopic (exact) mass is 415 g/mol. The van der Waals surface area contributed by atoms with Gasteiger partial charge in [-0.1, -0.05) is 6.07 Å². The van der Waals surface area contributed by atoms with Gasteiger partial charge in [0.15, 0.2) is 17.0 Å². The van der Waals surface area contributed by atoms with Crippen LogP contribution < -0.4 is 10.2 Å². The predicted octanol–water partition coefficient (Wildman–Crippen LogP) is 3.01. The van der Waals surface area contributed by atoms with E-state index in [0.29, 0.717) is 0 Å². The molecule has 0 radical (unpaired) electrons. The molecule has 9 nitrogen and oxygen atoms in total. The molecule has 1 fully saturated rings. The van der Waals surface area contributed by atoms with Crippen molar-refractivity contribution in [3.05, 3.63) is 48.4 Å². The third-order valence-corrected chi connectivity index (χ3v) is 5.64. The van der Waals surface area contributed by atoms with E-state index in [1.807, 2.05) is 13.1 Å². The summed E-state index contributed by atoms with van der Waals surface area (Å²) in [6.07, 6.45) is 8.13. The van der Waals surface area contributed by atoms with Crippen molar-refractivity contribution in [2.45, 2.75) is 39.8 Å². The lowest BCUT2D eigenvalue weighted by Gasteiger charge is -2.18. The fourth-order valence-corrected chi connectivity index (χ4v) is 4.00. The zero-order valence-electron chi connectivity index (χ0n) is 17.9. The molecule has 0 saturated carbocycles. The highest BCUT2D eigenvalue weighted by atomic mass is 15.2. The van der Waals surface area contributed by atoms with E-state index in [4.69, 9.17) is 4.98 Å². The van der Waals surface area contributed by atoms with Crippen LogP contribution in [0.1, 0.15) is 24.7 Å². The summed E-state index contributed by atoms with van der Waals surface area (Å²) in [5, 5.41) is 3.59. The summed E-state index contributed by atoms with van der Waals surface area (Å²) in [4.78, 5) is 29.4. The van der Waals surface area contributed by atoms with Crippen LogP contribution in [0, 0.1) is 13.8 Å². The molecule has 1 saturated heterocycles. The molecule has 1 unspecified atom stereocenters. The Balaban J connectivity index is 1.43. The molecule has 1 N–H and O–H groups in total. The van der Waals surface area contributed by atoms with Crippen molar-refractivity contribution in [1.29, 1.82) is 0 Å². The smallest absolute Gasteiger partial charge is 0.165 e. The van der Waals surface area contributed by atoms with Gasteiger partial charge in [0.25, 0.3) is 0 Å². The Hall–Kier alpha value is -3.62. The van der Waals surface area contributed by atoms with Crippen LogP contribution in [-0.4, -0.2) is 53.6 Å². The molecule has 1 atom stereocenters. The molecule has 5 heterocycles. The second-order valence-electron chi connectivity index (χ2n) is 7.86. The number of aromatic nitrogens is 7. The molecule has 0 aliphatic carbocycles. The van der Waals surface area contributed by atoms with Gasteiger partial charge in [-0.3, -0.25) is 0 Å². The molecule has 9 heteroatoms. The van der Waals surface area contributed by atoms with Crippen molar-refractivity contribution >= 4 is 22.8 Å². The summed E-state index contributed by atoms with van der Waals surface area (Å²) in [5.74, 6) is 3.31. The van der Waals surface area contributed by atoms with Gasteiger partial charge in [0.2, 0.25) is 0 Å². The molecular weight excluding hydrogens is 390 g/mol. The predicted molar refractivity (Wildman–Crippen MR) is 120 cm³/mol. The number of imidazole rings is 1. The number of anilines is 2. The minimum Gasteiger partial charge on any atom is -0.364 e. The molecule has 1 aliphatic rings. The van der Waals surface area contributed by atoms with Crippen molar-refractivity contribution in [2.24, 2.45) is 0 Å². The number of rotatable bonds is 5. The molecule has 0 bridgehead atoms. The Labute approximate surface area is 180 Å². The summed E-state index contributed by atoms with van der Waals surface area (Å²) in [6, 6.07) is 4.45. The highest BCUT2D eigenvalue weighted by Gasteiger charge is 2.25. The lowest BCUT2D eigenvalue weighted by molar-refractivity contribution is 0.783. The number of aryl methyl sites for hydroxylation is 3. The van der Waals surface area contributed by atoms with Crippen LogP contribution >= 0.6 is 0 Å². The largest absolute Gasteiger partial charge is 0.364 e. The molecule has 0 spiro atoms. The maximum Gasteiger partial charge on any atom is 0.165 e. The van der Waals surface area contributed by atoms with Crippen LogP contribution in [0.4, 0.5) is 11.6 Å². The molecular formula is C22H25N9. The maximum absolute atomic E-state index is 4.88. The van der Waals surface area contributed by atoms with E-state index in [2.05, 4.69) is 65.7 Å². The first-order chi connectivity index (χ1) is 15.1. The number of hydrogen-bond donors (Lipinski definition) is 1. The number of nitrogens with zero attached hydrogens (tertiary/aromatic N) is 8. The van der Waals surface area contributed by atoms with Crippen molar-refractivity contribution in [3.8, 4) is 11.4 Å². The number of nitrogens with one attached hydrogen (secondary N) is 1. The molecule has 4 aromatic heterocycles. The standard InChI is InChI=1S/C22H25N9/c1-4-31-21(16-10-23-15(3)24-11-16)29-19-20(26-13-27-22(19)31)28-17-7-8-30(12-17)18-6-5-14(2)9-25-18/h5-6,9-11,13,17H,4,7-8,12H2,1-3H3,(H,26,27,28). The van der Waals surface area contributed by atoms with Gasteiger partial charge in [0.05, 0.1) is 5.56 Å². The zero-order valence-corrected chi connectivity index (χ0v) is 17.9. The molecule has 0 aromatic carbocycles. The van der Waals surface area contributed by atoms with E-state index >= 15 is 0 Å². The van der Waals surface area contributed by atoms with Crippen LogP contribution in [-0.2, 0) is 6.54 Å². The molecule has 0 amide bonds. The lowest BCUT2D eigenvalue weighted by Crippen LogP contribution is -2.27. The lowest BCUT2D eigenvalue weighted by atomic mass is 10.2. The Bertz CT molecular complexity index is 1200. The van der Waals surface area contributed by atoms with Crippen molar-refractivity contribution < 1.29 is 0 Å². The number of hydrogen-bond acceptors (Lipinski definition) is 8. The first kappa shape index (κ1) is 19.3. The average molecular weight is 416 g/mol. The van der Waals surface area contributed by atoms with Crippen LogP contribution in [0.2, 0.25) is 0 Å². The Morgan fingerprint density at radius 1 is 1.03 bits per heavy atom. The molecule has 4 aromatic rings. The van der Waals surface area contributed by atoms with Crippen LogP contribution in [0.15, 0.2) is 37.1 Å².